The van der Waals surface area contributed by atoms with Crippen LogP contribution in [0.15, 0.2) is 33.5 Å². The van der Waals surface area contributed by atoms with Crippen LogP contribution < -0.4 is 15.7 Å². The van der Waals surface area contributed by atoms with Crippen LogP contribution in [0.5, 0.6) is 5.75 Å². The number of amides is 1. The number of carbonyl (C=O) groups excluding carboxylic acids is 2. The molecule has 0 radical (unpaired) electrons. The van der Waals surface area contributed by atoms with Crippen molar-refractivity contribution < 1.29 is 37.7 Å². The van der Waals surface area contributed by atoms with Crippen LogP contribution in [-0.2, 0) is 23.7 Å². The minimum atomic E-state index is -0.967. The van der Waals surface area contributed by atoms with E-state index in [9.17, 15) is 14.4 Å². The lowest BCUT2D eigenvalue weighted by molar-refractivity contribution is -0.282. The highest BCUT2D eigenvalue weighted by Crippen LogP contribution is 2.38. The first-order valence-electron chi connectivity index (χ1n) is 9.28. The van der Waals surface area contributed by atoms with Gasteiger partial charge in [0.05, 0.1) is 5.60 Å². The molecule has 4 atom stereocenters. The summed E-state index contributed by atoms with van der Waals surface area (Å²) < 4.78 is 33.2. The van der Waals surface area contributed by atoms with E-state index in [4.69, 9.17) is 28.1 Å². The SMILES string of the molecule is CO[C@@H]1C2OC(=O)OC2[C@H](Oc2ccc3cc(NC(C)=O)c(=O)oc3c2)OC1(C)C. The molecule has 1 N–H and O–H groups in total. The third-order valence-corrected chi connectivity index (χ3v) is 4.98. The van der Waals surface area contributed by atoms with E-state index in [-0.39, 0.29) is 17.2 Å². The predicted molar refractivity (Wildman–Crippen MR) is 102 cm³/mol. The van der Waals surface area contributed by atoms with Crippen LogP contribution in [0.25, 0.3) is 11.0 Å². The number of carbonyl (C=O) groups is 2. The molecule has 2 aliphatic rings. The summed E-state index contributed by atoms with van der Waals surface area (Å²) in [6.07, 6.45) is -3.87. The molecule has 160 valence electrons. The molecule has 2 aliphatic heterocycles. The number of hydrogen-bond donors (Lipinski definition) is 1. The molecular formula is C20H21NO9. The van der Waals surface area contributed by atoms with Gasteiger partial charge < -0.3 is 33.4 Å². The van der Waals surface area contributed by atoms with Gasteiger partial charge in [-0.05, 0) is 32.0 Å². The standard InChI is InChI=1S/C20H21NO9/c1-9(22)21-12-7-10-5-6-11(8-13(10)27-17(12)23)26-18-15-14(28-19(24)29-15)16(25-4)20(2,3)30-18/h5-8,14-16,18H,1-4H3,(H,21,22)/t14?,15?,16-,18-/m1/s1. The van der Waals surface area contributed by atoms with Gasteiger partial charge in [-0.3, -0.25) is 4.79 Å². The van der Waals surface area contributed by atoms with Gasteiger partial charge in [-0.25, -0.2) is 9.59 Å². The van der Waals surface area contributed by atoms with Crippen molar-refractivity contribution >= 4 is 28.7 Å². The van der Waals surface area contributed by atoms with Crippen LogP contribution >= 0.6 is 0 Å². The average Bonchev–Trinajstić information content (AvgIpc) is 3.03. The smallest absolute Gasteiger partial charge is 0.461 e. The summed E-state index contributed by atoms with van der Waals surface area (Å²) in [7, 11) is 1.50. The molecule has 1 aromatic heterocycles. The van der Waals surface area contributed by atoms with E-state index in [1.165, 1.54) is 26.2 Å². The van der Waals surface area contributed by atoms with Gasteiger partial charge in [-0.1, -0.05) is 0 Å². The van der Waals surface area contributed by atoms with Crippen molar-refractivity contribution in [1.29, 1.82) is 0 Å². The summed E-state index contributed by atoms with van der Waals surface area (Å²) >= 11 is 0. The minimum absolute atomic E-state index is 0.0458. The fourth-order valence-corrected chi connectivity index (χ4v) is 3.74. The molecule has 0 saturated carbocycles. The van der Waals surface area contributed by atoms with Crippen LogP contribution in [0.4, 0.5) is 10.5 Å². The van der Waals surface area contributed by atoms with Gasteiger partial charge in [0.15, 0.2) is 6.10 Å². The van der Waals surface area contributed by atoms with E-state index in [0.29, 0.717) is 11.1 Å². The number of nitrogens with one attached hydrogen (secondary N) is 1. The second-order valence-corrected chi connectivity index (χ2v) is 7.61. The van der Waals surface area contributed by atoms with Crippen LogP contribution in [0.3, 0.4) is 0 Å². The summed E-state index contributed by atoms with van der Waals surface area (Å²) in [5.74, 6) is -0.0489. The van der Waals surface area contributed by atoms with Crippen molar-refractivity contribution in [3.63, 3.8) is 0 Å². The zero-order valence-electron chi connectivity index (χ0n) is 16.8. The Morgan fingerprint density at radius 3 is 2.57 bits per heavy atom. The average molecular weight is 419 g/mol. The zero-order valence-corrected chi connectivity index (χ0v) is 16.8. The first-order chi connectivity index (χ1) is 14.2. The summed E-state index contributed by atoms with van der Waals surface area (Å²) in [5.41, 5.74) is -1.21. The van der Waals surface area contributed by atoms with Gasteiger partial charge in [-0.15, -0.1) is 0 Å². The van der Waals surface area contributed by atoms with E-state index in [0.717, 1.165) is 0 Å². The second kappa shape index (κ2) is 7.29. The van der Waals surface area contributed by atoms with Crippen LogP contribution in [0.1, 0.15) is 20.8 Å². The van der Waals surface area contributed by atoms with Crippen molar-refractivity contribution in [3.05, 3.63) is 34.7 Å². The zero-order chi connectivity index (χ0) is 21.6. The number of benzene rings is 1. The van der Waals surface area contributed by atoms with E-state index in [1.807, 2.05) is 0 Å². The van der Waals surface area contributed by atoms with Crippen LogP contribution in [0, 0.1) is 0 Å². The van der Waals surface area contributed by atoms with Gasteiger partial charge in [0.1, 0.15) is 23.1 Å². The van der Waals surface area contributed by atoms with Gasteiger partial charge in [0.2, 0.25) is 18.3 Å². The molecule has 10 nitrogen and oxygen atoms in total. The lowest BCUT2D eigenvalue weighted by atomic mass is 9.89. The molecular weight excluding hydrogens is 398 g/mol. The molecule has 1 aromatic carbocycles. The lowest BCUT2D eigenvalue weighted by Crippen LogP contribution is -2.62. The maximum atomic E-state index is 12.1. The molecule has 1 amide bonds. The van der Waals surface area contributed by atoms with Gasteiger partial charge >= 0.3 is 11.8 Å². The largest absolute Gasteiger partial charge is 0.509 e. The van der Waals surface area contributed by atoms with Crippen molar-refractivity contribution in [3.8, 4) is 5.75 Å². The Kier molecular flexibility index (Phi) is 4.91. The third kappa shape index (κ3) is 3.59. The van der Waals surface area contributed by atoms with Gasteiger partial charge in [-0.2, -0.15) is 0 Å². The molecule has 3 heterocycles. The maximum Gasteiger partial charge on any atom is 0.509 e. The Labute approximate surface area is 171 Å². The molecule has 10 heteroatoms. The fraction of sp³-hybridized carbons (Fsp3) is 0.450. The van der Waals surface area contributed by atoms with Gasteiger partial charge in [0.25, 0.3) is 0 Å². The molecule has 2 unspecified atom stereocenters. The summed E-state index contributed by atoms with van der Waals surface area (Å²) in [5, 5.41) is 3.01. The van der Waals surface area contributed by atoms with Crippen LogP contribution in [0.2, 0.25) is 0 Å². The number of methoxy groups -OCH3 is 1. The van der Waals surface area contributed by atoms with Crippen molar-refractivity contribution in [1.82, 2.24) is 0 Å². The van der Waals surface area contributed by atoms with Crippen LogP contribution in [-0.4, -0.2) is 49.4 Å². The van der Waals surface area contributed by atoms with E-state index >= 15 is 0 Å². The highest BCUT2D eigenvalue weighted by atomic mass is 16.8. The molecule has 0 spiro atoms. The molecule has 0 aliphatic carbocycles. The Balaban J connectivity index is 1.62. The van der Waals surface area contributed by atoms with E-state index < -0.39 is 42.0 Å². The monoisotopic (exact) mass is 419 g/mol. The first-order valence-corrected chi connectivity index (χ1v) is 9.28. The number of fused-ring (bicyclic) bond motifs is 2. The Hall–Kier alpha value is -3.11. The number of ether oxygens (including phenoxy) is 5. The molecule has 30 heavy (non-hydrogen) atoms. The summed E-state index contributed by atoms with van der Waals surface area (Å²) in [6, 6.07) is 6.34. The number of rotatable bonds is 4. The van der Waals surface area contributed by atoms with Gasteiger partial charge in [0, 0.05) is 25.5 Å². The van der Waals surface area contributed by atoms with Crippen molar-refractivity contribution in [2.24, 2.45) is 0 Å². The minimum Gasteiger partial charge on any atom is -0.461 e. The summed E-state index contributed by atoms with van der Waals surface area (Å²) in [4.78, 5) is 35.0. The molecule has 2 fully saturated rings. The second-order valence-electron chi connectivity index (χ2n) is 7.61. The quantitative estimate of drug-likeness (QED) is 0.587. The molecule has 0 bridgehead atoms. The lowest BCUT2D eigenvalue weighted by Gasteiger charge is -2.45. The Morgan fingerprint density at radius 2 is 1.87 bits per heavy atom. The maximum absolute atomic E-state index is 12.1. The van der Waals surface area contributed by atoms with E-state index in [2.05, 4.69) is 5.32 Å². The number of hydrogen-bond acceptors (Lipinski definition) is 9. The van der Waals surface area contributed by atoms with Crippen molar-refractivity contribution in [2.45, 2.75) is 51.0 Å². The van der Waals surface area contributed by atoms with Crippen molar-refractivity contribution in [2.75, 3.05) is 12.4 Å². The first kappa shape index (κ1) is 20.2. The topological polar surface area (TPSA) is 123 Å². The normalized spacial score (nSPS) is 27.1. The number of anilines is 1. The molecule has 2 saturated heterocycles. The summed E-state index contributed by atoms with van der Waals surface area (Å²) in [6.45, 7) is 4.89. The predicted octanol–water partition coefficient (Wildman–Crippen LogP) is 2.18. The highest BCUT2D eigenvalue weighted by Gasteiger charge is 2.58. The molecule has 4 rings (SSSR count). The van der Waals surface area contributed by atoms with E-state index in [1.54, 1.807) is 26.0 Å². The third-order valence-electron chi connectivity index (χ3n) is 4.98. The highest BCUT2D eigenvalue weighted by molar-refractivity contribution is 5.91. The fourth-order valence-electron chi connectivity index (χ4n) is 3.74. The Bertz CT molecular complexity index is 1060. The Morgan fingerprint density at radius 1 is 1.13 bits per heavy atom. The molecule has 2 aromatic rings.